The van der Waals surface area contributed by atoms with E-state index >= 15 is 0 Å². The van der Waals surface area contributed by atoms with E-state index in [0.29, 0.717) is 12.8 Å². The molecule has 2 saturated heterocycles. The van der Waals surface area contributed by atoms with E-state index in [2.05, 4.69) is 16.8 Å². The highest BCUT2D eigenvalue weighted by Gasteiger charge is 2.41. The molecule has 2 fully saturated rings. The molecule has 2 aliphatic heterocycles. The summed E-state index contributed by atoms with van der Waals surface area (Å²) in [6, 6.07) is 0.129. The monoisotopic (exact) mass is 375 g/mol. The molecule has 0 aromatic carbocycles. The molecule has 2 aliphatic rings. The third kappa shape index (κ3) is 4.89. The van der Waals surface area contributed by atoms with Gasteiger partial charge in [0.1, 0.15) is 0 Å². The summed E-state index contributed by atoms with van der Waals surface area (Å²) in [5.41, 5.74) is 0.201. The lowest BCUT2D eigenvalue weighted by molar-refractivity contribution is -0.142. The lowest BCUT2D eigenvalue weighted by atomic mass is 9.72. The maximum absolute atomic E-state index is 12.7. The van der Waals surface area contributed by atoms with Crippen molar-refractivity contribution in [3.05, 3.63) is 18.7 Å². The SMILES string of the molecule is C[C@@H](CC(=O)N1CCC2(CCC(=O)N(CCN(C)C)C2)CC1)n1ccnc1. The third-order valence-corrected chi connectivity index (χ3v) is 6.25. The van der Waals surface area contributed by atoms with Gasteiger partial charge in [-0.1, -0.05) is 0 Å². The molecular weight excluding hydrogens is 342 g/mol. The molecule has 3 heterocycles. The summed E-state index contributed by atoms with van der Waals surface area (Å²) in [4.78, 5) is 35.2. The molecule has 7 nitrogen and oxygen atoms in total. The number of carbonyl (C=O) groups excluding carboxylic acids is 2. The molecule has 1 aromatic rings. The first-order chi connectivity index (χ1) is 12.9. The first kappa shape index (κ1) is 19.9. The second-order valence-corrected chi connectivity index (χ2v) is 8.56. The highest BCUT2D eigenvalue weighted by Crippen LogP contribution is 2.40. The van der Waals surface area contributed by atoms with Crippen LogP contribution in [0.5, 0.6) is 0 Å². The number of carbonyl (C=O) groups is 2. The largest absolute Gasteiger partial charge is 0.343 e. The number of nitrogens with zero attached hydrogens (tertiary/aromatic N) is 5. The summed E-state index contributed by atoms with van der Waals surface area (Å²) < 4.78 is 1.98. The normalized spacial score (nSPS) is 21.1. The van der Waals surface area contributed by atoms with E-state index in [-0.39, 0.29) is 23.3 Å². The van der Waals surface area contributed by atoms with E-state index in [1.54, 1.807) is 12.5 Å². The van der Waals surface area contributed by atoms with Crippen molar-refractivity contribution in [2.24, 2.45) is 5.41 Å². The zero-order chi connectivity index (χ0) is 19.4. The van der Waals surface area contributed by atoms with E-state index in [4.69, 9.17) is 0 Å². The second-order valence-electron chi connectivity index (χ2n) is 8.56. The lowest BCUT2D eigenvalue weighted by Crippen LogP contribution is -2.53. The topological polar surface area (TPSA) is 61.7 Å². The van der Waals surface area contributed by atoms with Crippen LogP contribution in [0, 0.1) is 5.41 Å². The van der Waals surface area contributed by atoms with Crippen LogP contribution in [0.15, 0.2) is 18.7 Å². The Morgan fingerprint density at radius 1 is 1.30 bits per heavy atom. The number of hydrogen-bond acceptors (Lipinski definition) is 4. The standard InChI is InChI=1S/C20H33N5O2/c1-17(25-11-8-21-16-25)14-19(27)23-9-6-20(7-10-23)5-4-18(26)24(15-20)13-12-22(2)3/h8,11,16-17H,4-7,9-10,12-15H2,1-3H3/t17-/m0/s1. The zero-order valence-electron chi connectivity index (χ0n) is 16.9. The Balaban J connectivity index is 1.51. The molecule has 0 aliphatic carbocycles. The Morgan fingerprint density at radius 3 is 2.67 bits per heavy atom. The predicted molar refractivity (Wildman–Crippen MR) is 104 cm³/mol. The van der Waals surface area contributed by atoms with Gasteiger partial charge in [0, 0.05) is 64.0 Å². The van der Waals surface area contributed by atoms with Crippen LogP contribution in [-0.4, -0.2) is 82.9 Å². The van der Waals surface area contributed by atoms with Crippen molar-refractivity contribution in [1.29, 1.82) is 0 Å². The number of amides is 2. The quantitative estimate of drug-likeness (QED) is 0.758. The van der Waals surface area contributed by atoms with Crippen molar-refractivity contribution in [3.63, 3.8) is 0 Å². The fraction of sp³-hybridized carbons (Fsp3) is 0.750. The summed E-state index contributed by atoms with van der Waals surface area (Å²) in [6.07, 6.45) is 9.56. The highest BCUT2D eigenvalue weighted by atomic mass is 16.2. The molecule has 3 rings (SSSR count). The minimum Gasteiger partial charge on any atom is -0.343 e. The van der Waals surface area contributed by atoms with E-state index < -0.39 is 0 Å². The van der Waals surface area contributed by atoms with Gasteiger partial charge in [-0.05, 0) is 45.7 Å². The molecule has 2 amide bonds. The molecule has 0 saturated carbocycles. The lowest BCUT2D eigenvalue weighted by Gasteiger charge is -2.47. The van der Waals surface area contributed by atoms with Crippen LogP contribution in [0.25, 0.3) is 0 Å². The van der Waals surface area contributed by atoms with Gasteiger partial charge in [-0.25, -0.2) is 4.98 Å². The molecule has 0 unspecified atom stereocenters. The molecule has 0 bridgehead atoms. The van der Waals surface area contributed by atoms with Crippen molar-refractivity contribution < 1.29 is 9.59 Å². The van der Waals surface area contributed by atoms with E-state index in [0.717, 1.165) is 52.0 Å². The summed E-state index contributed by atoms with van der Waals surface area (Å²) >= 11 is 0. The summed E-state index contributed by atoms with van der Waals surface area (Å²) in [5.74, 6) is 0.512. The predicted octanol–water partition coefficient (Wildman–Crippen LogP) is 1.63. The summed E-state index contributed by atoms with van der Waals surface area (Å²) in [7, 11) is 4.08. The average Bonchev–Trinajstić information content (AvgIpc) is 3.18. The van der Waals surface area contributed by atoms with Gasteiger partial charge in [0.25, 0.3) is 0 Å². The van der Waals surface area contributed by atoms with Gasteiger partial charge in [0.15, 0.2) is 0 Å². The first-order valence-electron chi connectivity index (χ1n) is 10.1. The maximum Gasteiger partial charge on any atom is 0.224 e. The van der Waals surface area contributed by atoms with Crippen LogP contribution < -0.4 is 0 Å². The number of likely N-dealkylation sites (N-methyl/N-ethyl adjacent to an activating group) is 1. The van der Waals surface area contributed by atoms with Crippen molar-refractivity contribution in [3.8, 4) is 0 Å². The maximum atomic E-state index is 12.7. The van der Waals surface area contributed by atoms with Gasteiger partial charge in [-0.3, -0.25) is 9.59 Å². The Morgan fingerprint density at radius 2 is 2.04 bits per heavy atom. The van der Waals surface area contributed by atoms with Crippen molar-refractivity contribution >= 4 is 11.8 Å². The molecule has 150 valence electrons. The second kappa shape index (κ2) is 8.42. The fourth-order valence-corrected chi connectivity index (χ4v) is 4.28. The van der Waals surface area contributed by atoms with Crippen LogP contribution in [0.3, 0.4) is 0 Å². The molecule has 1 atom stereocenters. The van der Waals surface area contributed by atoms with Crippen LogP contribution >= 0.6 is 0 Å². The smallest absolute Gasteiger partial charge is 0.224 e. The fourth-order valence-electron chi connectivity index (χ4n) is 4.28. The summed E-state index contributed by atoms with van der Waals surface area (Å²) in [5, 5.41) is 0. The Labute approximate surface area is 162 Å². The number of aromatic nitrogens is 2. The highest BCUT2D eigenvalue weighted by molar-refractivity contribution is 5.78. The van der Waals surface area contributed by atoms with Gasteiger partial charge in [0.05, 0.1) is 6.33 Å². The molecule has 0 N–H and O–H groups in total. The molecule has 1 spiro atoms. The number of imidazole rings is 1. The van der Waals surface area contributed by atoms with Gasteiger partial charge in [0.2, 0.25) is 11.8 Å². The summed E-state index contributed by atoms with van der Waals surface area (Å²) in [6.45, 7) is 6.24. The number of piperidine rings is 2. The van der Waals surface area contributed by atoms with Gasteiger partial charge in [-0.15, -0.1) is 0 Å². The third-order valence-electron chi connectivity index (χ3n) is 6.25. The van der Waals surface area contributed by atoms with Crippen molar-refractivity contribution in [1.82, 2.24) is 24.3 Å². The molecule has 0 radical (unpaired) electrons. The number of hydrogen-bond donors (Lipinski definition) is 0. The Bertz CT molecular complexity index is 635. The van der Waals surface area contributed by atoms with Crippen molar-refractivity contribution in [2.45, 2.75) is 45.1 Å². The van der Waals surface area contributed by atoms with Crippen molar-refractivity contribution in [2.75, 3.05) is 46.8 Å². The van der Waals surface area contributed by atoms with Crippen LogP contribution in [0.1, 0.15) is 45.1 Å². The van der Waals surface area contributed by atoms with Gasteiger partial charge in [-0.2, -0.15) is 0 Å². The van der Waals surface area contributed by atoms with E-state index in [1.807, 2.05) is 34.7 Å². The average molecular weight is 376 g/mol. The Hall–Kier alpha value is -1.89. The minimum absolute atomic E-state index is 0.129. The van der Waals surface area contributed by atoms with Gasteiger partial charge < -0.3 is 19.3 Å². The van der Waals surface area contributed by atoms with E-state index in [9.17, 15) is 9.59 Å². The van der Waals surface area contributed by atoms with Crippen LogP contribution in [0.2, 0.25) is 0 Å². The molecule has 27 heavy (non-hydrogen) atoms. The van der Waals surface area contributed by atoms with E-state index in [1.165, 1.54) is 0 Å². The molecule has 7 heteroatoms. The number of rotatable bonds is 6. The molecule has 1 aromatic heterocycles. The molecular formula is C20H33N5O2. The minimum atomic E-state index is 0.129. The van der Waals surface area contributed by atoms with Crippen LogP contribution in [0.4, 0.5) is 0 Å². The van der Waals surface area contributed by atoms with Gasteiger partial charge >= 0.3 is 0 Å². The first-order valence-corrected chi connectivity index (χ1v) is 10.1. The number of likely N-dealkylation sites (tertiary alicyclic amines) is 2. The Kier molecular flexibility index (Phi) is 6.19. The zero-order valence-corrected chi connectivity index (χ0v) is 16.9. The van der Waals surface area contributed by atoms with Crippen LogP contribution in [-0.2, 0) is 9.59 Å².